The van der Waals surface area contributed by atoms with Gasteiger partial charge in [0, 0.05) is 12.3 Å². The molecule has 1 N–H and O–H groups in total. The molecule has 0 radical (unpaired) electrons. The molecular formula is C14H22N2O3S2. The summed E-state index contributed by atoms with van der Waals surface area (Å²) in [6.45, 7) is 5.86. The standard InChI is InChI=1S/C14H22N2O3S2/c1-4-21(18,19)8-6-16-13(11-5-7-20-9-11)15-12(10(2)3)14(16)17/h5,7,9-10,12-13,15H,4,6,8H2,1-3H3. The Kier molecular flexibility index (Phi) is 5.06. The first-order valence-electron chi connectivity index (χ1n) is 7.14. The van der Waals surface area contributed by atoms with Crippen LogP contribution in [0.25, 0.3) is 0 Å². The van der Waals surface area contributed by atoms with E-state index >= 15 is 0 Å². The Bertz CT molecular complexity index is 581. The van der Waals surface area contributed by atoms with Gasteiger partial charge in [-0.05, 0) is 28.3 Å². The van der Waals surface area contributed by atoms with Crippen molar-refractivity contribution in [2.45, 2.75) is 33.0 Å². The molecule has 2 atom stereocenters. The number of carbonyl (C=O) groups excluding carboxylic acids is 1. The van der Waals surface area contributed by atoms with Gasteiger partial charge in [-0.1, -0.05) is 20.8 Å². The second-order valence-electron chi connectivity index (χ2n) is 5.62. The molecule has 2 rings (SSSR count). The van der Waals surface area contributed by atoms with Gasteiger partial charge in [0.2, 0.25) is 5.91 Å². The molecule has 7 heteroatoms. The summed E-state index contributed by atoms with van der Waals surface area (Å²) >= 11 is 1.57. The third-order valence-electron chi connectivity index (χ3n) is 3.81. The average molecular weight is 330 g/mol. The number of nitrogens with one attached hydrogen (secondary N) is 1. The third kappa shape index (κ3) is 3.64. The summed E-state index contributed by atoms with van der Waals surface area (Å²) in [4.78, 5) is 14.2. The molecule has 21 heavy (non-hydrogen) atoms. The summed E-state index contributed by atoms with van der Waals surface area (Å²) in [6, 6.07) is 1.72. The fourth-order valence-electron chi connectivity index (χ4n) is 2.44. The van der Waals surface area contributed by atoms with Crippen molar-refractivity contribution in [3.63, 3.8) is 0 Å². The Labute approximate surface area is 130 Å². The van der Waals surface area contributed by atoms with E-state index in [-0.39, 0.29) is 42.1 Å². The van der Waals surface area contributed by atoms with E-state index < -0.39 is 9.84 Å². The average Bonchev–Trinajstić information content (AvgIpc) is 3.04. The van der Waals surface area contributed by atoms with Crippen molar-refractivity contribution in [2.75, 3.05) is 18.1 Å². The van der Waals surface area contributed by atoms with Gasteiger partial charge in [0.05, 0.1) is 11.8 Å². The maximum absolute atomic E-state index is 12.5. The molecular weight excluding hydrogens is 308 g/mol. The van der Waals surface area contributed by atoms with Gasteiger partial charge in [-0.3, -0.25) is 10.1 Å². The number of sulfone groups is 1. The lowest BCUT2D eigenvalue weighted by Gasteiger charge is -2.23. The highest BCUT2D eigenvalue weighted by atomic mass is 32.2. The number of thiophene rings is 1. The largest absolute Gasteiger partial charge is 0.320 e. The molecule has 1 fully saturated rings. The number of carbonyl (C=O) groups is 1. The van der Waals surface area contributed by atoms with Crippen LogP contribution >= 0.6 is 11.3 Å². The van der Waals surface area contributed by atoms with Gasteiger partial charge in [-0.2, -0.15) is 11.3 Å². The molecule has 0 spiro atoms. The van der Waals surface area contributed by atoms with Gasteiger partial charge in [-0.25, -0.2) is 8.42 Å². The van der Waals surface area contributed by atoms with E-state index in [0.29, 0.717) is 0 Å². The van der Waals surface area contributed by atoms with E-state index in [1.54, 1.807) is 23.2 Å². The zero-order valence-electron chi connectivity index (χ0n) is 12.6. The van der Waals surface area contributed by atoms with Crippen molar-refractivity contribution in [3.8, 4) is 0 Å². The van der Waals surface area contributed by atoms with E-state index in [4.69, 9.17) is 0 Å². The molecule has 0 aliphatic carbocycles. The highest BCUT2D eigenvalue weighted by Gasteiger charge is 2.41. The highest BCUT2D eigenvalue weighted by molar-refractivity contribution is 7.91. The van der Waals surface area contributed by atoms with Crippen molar-refractivity contribution >= 4 is 27.1 Å². The van der Waals surface area contributed by atoms with Crippen molar-refractivity contribution in [1.82, 2.24) is 10.2 Å². The first-order valence-corrected chi connectivity index (χ1v) is 9.91. The number of hydrogen-bond acceptors (Lipinski definition) is 5. The van der Waals surface area contributed by atoms with Crippen LogP contribution in [0.4, 0.5) is 0 Å². The number of rotatable bonds is 6. The quantitative estimate of drug-likeness (QED) is 0.861. The lowest BCUT2D eigenvalue weighted by Crippen LogP contribution is -2.36. The van der Waals surface area contributed by atoms with Gasteiger partial charge >= 0.3 is 0 Å². The first-order chi connectivity index (χ1) is 9.85. The van der Waals surface area contributed by atoms with Crippen molar-refractivity contribution in [2.24, 2.45) is 5.92 Å². The molecule has 5 nitrogen and oxygen atoms in total. The Morgan fingerprint density at radius 2 is 2.14 bits per heavy atom. The SMILES string of the molecule is CCS(=O)(=O)CCN1C(=O)C(C(C)C)NC1c1ccsc1. The topological polar surface area (TPSA) is 66.5 Å². The van der Waals surface area contributed by atoms with Crippen molar-refractivity contribution < 1.29 is 13.2 Å². The smallest absolute Gasteiger partial charge is 0.241 e. The van der Waals surface area contributed by atoms with Gasteiger partial charge in [0.25, 0.3) is 0 Å². The summed E-state index contributed by atoms with van der Waals surface area (Å²) in [6.07, 6.45) is -0.219. The second kappa shape index (κ2) is 6.46. The van der Waals surface area contributed by atoms with Gasteiger partial charge < -0.3 is 4.90 Å². The molecule has 2 unspecified atom stereocenters. The number of nitrogens with zero attached hydrogens (tertiary/aromatic N) is 1. The predicted molar refractivity (Wildman–Crippen MR) is 84.9 cm³/mol. The fraction of sp³-hybridized carbons (Fsp3) is 0.643. The van der Waals surface area contributed by atoms with Crippen LogP contribution in [-0.4, -0.2) is 43.3 Å². The molecule has 1 aromatic rings. The molecule has 0 saturated carbocycles. The molecule has 1 aliphatic rings. The summed E-state index contributed by atoms with van der Waals surface area (Å²) in [7, 11) is -3.08. The summed E-state index contributed by atoms with van der Waals surface area (Å²) < 4.78 is 23.4. The van der Waals surface area contributed by atoms with Crippen LogP contribution in [0.5, 0.6) is 0 Å². The molecule has 2 heterocycles. The van der Waals surface area contributed by atoms with Crippen LogP contribution in [-0.2, 0) is 14.6 Å². The van der Waals surface area contributed by atoms with Crippen LogP contribution in [0, 0.1) is 5.92 Å². The minimum Gasteiger partial charge on any atom is -0.320 e. The van der Waals surface area contributed by atoms with Gasteiger partial charge in [-0.15, -0.1) is 0 Å². The molecule has 1 aliphatic heterocycles. The number of amides is 1. The van der Waals surface area contributed by atoms with Crippen LogP contribution < -0.4 is 5.32 Å². The highest BCUT2D eigenvalue weighted by Crippen LogP contribution is 2.29. The Balaban J connectivity index is 2.19. The zero-order chi connectivity index (χ0) is 15.6. The normalized spacial score (nSPS) is 23.2. The molecule has 0 aromatic carbocycles. The molecule has 1 amide bonds. The predicted octanol–water partition coefficient (Wildman–Crippen LogP) is 1.64. The van der Waals surface area contributed by atoms with E-state index in [0.717, 1.165) is 5.56 Å². The molecule has 0 bridgehead atoms. The van der Waals surface area contributed by atoms with Crippen LogP contribution in [0.2, 0.25) is 0 Å². The van der Waals surface area contributed by atoms with Crippen LogP contribution in [0.1, 0.15) is 32.5 Å². The van der Waals surface area contributed by atoms with E-state index in [1.165, 1.54) is 0 Å². The monoisotopic (exact) mass is 330 g/mol. The fourth-order valence-corrected chi connectivity index (χ4v) is 3.89. The lowest BCUT2D eigenvalue weighted by molar-refractivity contribution is -0.130. The van der Waals surface area contributed by atoms with Gasteiger partial charge in [0.15, 0.2) is 9.84 Å². The Hall–Kier alpha value is -0.920. The maximum atomic E-state index is 12.5. The van der Waals surface area contributed by atoms with Gasteiger partial charge in [0.1, 0.15) is 6.17 Å². The van der Waals surface area contributed by atoms with E-state index in [9.17, 15) is 13.2 Å². The third-order valence-corrected chi connectivity index (χ3v) is 6.19. The van der Waals surface area contributed by atoms with E-state index in [2.05, 4.69) is 5.32 Å². The first kappa shape index (κ1) is 16.5. The lowest BCUT2D eigenvalue weighted by atomic mass is 10.1. The summed E-state index contributed by atoms with van der Waals surface area (Å²) in [5.74, 6) is 0.292. The van der Waals surface area contributed by atoms with Crippen LogP contribution in [0.15, 0.2) is 16.8 Å². The second-order valence-corrected chi connectivity index (χ2v) is 8.87. The zero-order valence-corrected chi connectivity index (χ0v) is 14.2. The summed E-state index contributed by atoms with van der Waals surface area (Å²) in [5.41, 5.74) is 1.02. The minimum absolute atomic E-state index is 0.00694. The Morgan fingerprint density at radius 3 is 2.67 bits per heavy atom. The number of hydrogen-bond donors (Lipinski definition) is 1. The van der Waals surface area contributed by atoms with Crippen molar-refractivity contribution in [1.29, 1.82) is 0 Å². The molecule has 1 aromatic heterocycles. The Morgan fingerprint density at radius 1 is 1.43 bits per heavy atom. The van der Waals surface area contributed by atoms with E-state index in [1.807, 2.05) is 30.7 Å². The summed E-state index contributed by atoms with van der Waals surface area (Å²) in [5, 5.41) is 7.29. The minimum atomic E-state index is -3.08. The molecule has 118 valence electrons. The van der Waals surface area contributed by atoms with Crippen molar-refractivity contribution in [3.05, 3.63) is 22.4 Å². The maximum Gasteiger partial charge on any atom is 0.241 e. The van der Waals surface area contributed by atoms with Crippen LogP contribution in [0.3, 0.4) is 0 Å². The molecule has 1 saturated heterocycles.